The molecular weight excluding hydrogens is 307 g/mol. The molecule has 1 heterocycles. The molecule has 1 saturated heterocycles. The van der Waals surface area contributed by atoms with Crippen molar-refractivity contribution in [2.45, 2.75) is 44.3 Å². The van der Waals surface area contributed by atoms with Crippen molar-refractivity contribution < 1.29 is 4.39 Å². The van der Waals surface area contributed by atoms with Crippen LogP contribution >= 0.6 is 15.9 Å². The van der Waals surface area contributed by atoms with E-state index < -0.39 is 0 Å². The monoisotopic (exact) mass is 326 g/mol. The number of hydrogen-bond donors (Lipinski definition) is 1. The fourth-order valence-corrected chi connectivity index (χ4v) is 3.68. The summed E-state index contributed by atoms with van der Waals surface area (Å²) in [4.78, 5) is 2.60. The van der Waals surface area contributed by atoms with Gasteiger partial charge in [0.2, 0.25) is 0 Å². The number of likely N-dealkylation sites (tertiary alicyclic amines) is 1. The van der Waals surface area contributed by atoms with Gasteiger partial charge in [-0.15, -0.1) is 0 Å². The molecule has 2 fully saturated rings. The predicted octanol–water partition coefficient (Wildman–Crippen LogP) is 3.48. The summed E-state index contributed by atoms with van der Waals surface area (Å²) in [7, 11) is 0. The highest BCUT2D eigenvalue weighted by molar-refractivity contribution is 9.10. The number of halogens is 2. The van der Waals surface area contributed by atoms with Gasteiger partial charge in [-0.1, -0.05) is 22.0 Å². The molecule has 1 aromatic rings. The first kappa shape index (κ1) is 13.5. The van der Waals surface area contributed by atoms with Crippen LogP contribution in [0.4, 0.5) is 4.39 Å². The van der Waals surface area contributed by atoms with Crippen molar-refractivity contribution in [1.29, 1.82) is 0 Å². The Balaban J connectivity index is 1.60. The minimum Gasteiger partial charge on any atom is -0.306 e. The minimum absolute atomic E-state index is 0.191. The maximum absolute atomic E-state index is 13.1. The number of rotatable bonds is 4. The van der Waals surface area contributed by atoms with Crippen LogP contribution in [0.3, 0.4) is 0 Å². The molecule has 1 aromatic carbocycles. The highest BCUT2D eigenvalue weighted by Crippen LogP contribution is 2.31. The fraction of sp³-hybridized carbons (Fsp3) is 0.600. The molecule has 3 rings (SSSR count). The van der Waals surface area contributed by atoms with Gasteiger partial charge in [-0.25, -0.2) is 4.39 Å². The molecule has 2 nitrogen and oxygen atoms in total. The van der Waals surface area contributed by atoms with Gasteiger partial charge in [0.1, 0.15) is 5.82 Å². The normalized spacial score (nSPS) is 25.7. The molecule has 1 saturated carbocycles. The van der Waals surface area contributed by atoms with Crippen LogP contribution in [0, 0.1) is 5.82 Å². The topological polar surface area (TPSA) is 15.3 Å². The van der Waals surface area contributed by atoms with Crippen molar-refractivity contribution in [3.8, 4) is 0 Å². The summed E-state index contributed by atoms with van der Waals surface area (Å²) in [5.74, 6) is -0.191. The Morgan fingerprint density at radius 2 is 2.16 bits per heavy atom. The lowest BCUT2D eigenvalue weighted by molar-refractivity contribution is 0.313. The lowest BCUT2D eigenvalue weighted by atomic mass is 10.1. The van der Waals surface area contributed by atoms with Gasteiger partial charge in [0.25, 0.3) is 0 Å². The molecule has 2 aliphatic rings. The summed E-state index contributed by atoms with van der Waals surface area (Å²) in [5.41, 5.74) is 1.13. The number of hydrogen-bond acceptors (Lipinski definition) is 2. The number of nitrogens with one attached hydrogen (secondary N) is 1. The van der Waals surface area contributed by atoms with Crippen LogP contribution in [0.15, 0.2) is 22.7 Å². The lowest BCUT2D eigenvalue weighted by Crippen LogP contribution is -2.35. The molecule has 19 heavy (non-hydrogen) atoms. The maximum Gasteiger partial charge on any atom is 0.124 e. The van der Waals surface area contributed by atoms with Crippen LogP contribution in [0.25, 0.3) is 0 Å². The summed E-state index contributed by atoms with van der Waals surface area (Å²) in [5, 5.41) is 3.67. The average molecular weight is 327 g/mol. The maximum atomic E-state index is 13.1. The van der Waals surface area contributed by atoms with Crippen molar-refractivity contribution in [2.75, 3.05) is 13.1 Å². The Kier molecular flexibility index (Phi) is 3.92. The summed E-state index contributed by atoms with van der Waals surface area (Å²) in [6.07, 6.45) is 3.98. The van der Waals surface area contributed by atoms with Crippen molar-refractivity contribution in [3.05, 3.63) is 34.1 Å². The van der Waals surface area contributed by atoms with Gasteiger partial charge < -0.3 is 5.32 Å². The first-order chi connectivity index (χ1) is 9.13. The van der Waals surface area contributed by atoms with Crippen molar-refractivity contribution in [3.63, 3.8) is 0 Å². The Morgan fingerprint density at radius 1 is 1.37 bits per heavy atom. The van der Waals surface area contributed by atoms with E-state index in [0.717, 1.165) is 22.6 Å². The average Bonchev–Trinajstić information content (AvgIpc) is 3.10. The molecule has 4 heteroatoms. The van der Waals surface area contributed by atoms with Crippen LogP contribution in [-0.2, 0) is 0 Å². The first-order valence-electron chi connectivity index (χ1n) is 7.08. The van der Waals surface area contributed by atoms with E-state index in [1.165, 1.54) is 31.9 Å². The second kappa shape index (κ2) is 5.51. The Morgan fingerprint density at radius 3 is 2.84 bits per heavy atom. The van der Waals surface area contributed by atoms with Crippen LogP contribution in [0.2, 0.25) is 0 Å². The molecular formula is C15H20BrFN2. The standard InChI is InChI=1S/C15H20BrFN2/c1-10(14-5-2-11(17)8-15(14)16)18-12-6-7-19(9-12)13-3-4-13/h2,5,8,10,12-13,18H,3-4,6-7,9H2,1H3. The van der Waals surface area contributed by atoms with E-state index in [4.69, 9.17) is 0 Å². The van der Waals surface area contributed by atoms with Crippen LogP contribution in [0.5, 0.6) is 0 Å². The van der Waals surface area contributed by atoms with Gasteiger partial charge in [-0.05, 0) is 43.9 Å². The molecule has 104 valence electrons. The molecule has 2 unspecified atom stereocenters. The molecule has 0 amide bonds. The lowest BCUT2D eigenvalue weighted by Gasteiger charge is -2.21. The van der Waals surface area contributed by atoms with E-state index in [0.29, 0.717) is 6.04 Å². The van der Waals surface area contributed by atoms with Crippen LogP contribution < -0.4 is 5.32 Å². The highest BCUT2D eigenvalue weighted by atomic mass is 79.9. The molecule has 1 aliphatic heterocycles. The zero-order chi connectivity index (χ0) is 13.4. The van der Waals surface area contributed by atoms with Gasteiger partial charge in [0, 0.05) is 35.7 Å². The molecule has 0 bridgehead atoms. The molecule has 1 aliphatic carbocycles. The van der Waals surface area contributed by atoms with Gasteiger partial charge in [0.05, 0.1) is 0 Å². The molecule has 0 aromatic heterocycles. The zero-order valence-electron chi connectivity index (χ0n) is 11.2. The third-order valence-electron chi connectivity index (χ3n) is 4.20. The smallest absolute Gasteiger partial charge is 0.124 e. The van der Waals surface area contributed by atoms with E-state index in [9.17, 15) is 4.39 Å². The molecule has 0 radical (unpaired) electrons. The van der Waals surface area contributed by atoms with E-state index in [1.807, 2.05) is 6.07 Å². The quantitative estimate of drug-likeness (QED) is 0.911. The molecule has 2 atom stereocenters. The van der Waals surface area contributed by atoms with E-state index in [2.05, 4.69) is 33.1 Å². The highest BCUT2D eigenvalue weighted by Gasteiger charge is 2.34. The Bertz CT molecular complexity index is 461. The first-order valence-corrected chi connectivity index (χ1v) is 7.88. The molecule has 1 N–H and O–H groups in total. The van der Waals surface area contributed by atoms with E-state index in [-0.39, 0.29) is 11.9 Å². The molecule has 0 spiro atoms. The fourth-order valence-electron chi connectivity index (χ4n) is 2.99. The SMILES string of the molecule is CC(NC1CCN(C2CC2)C1)c1ccc(F)cc1Br. The predicted molar refractivity (Wildman–Crippen MR) is 78.7 cm³/mol. The van der Waals surface area contributed by atoms with Crippen molar-refractivity contribution >= 4 is 15.9 Å². The van der Waals surface area contributed by atoms with Crippen LogP contribution in [0.1, 0.15) is 37.8 Å². The van der Waals surface area contributed by atoms with Crippen molar-refractivity contribution in [2.24, 2.45) is 0 Å². The summed E-state index contributed by atoms with van der Waals surface area (Å²) in [6, 6.07) is 6.61. The third-order valence-corrected chi connectivity index (χ3v) is 4.88. The van der Waals surface area contributed by atoms with Gasteiger partial charge in [-0.2, -0.15) is 0 Å². The van der Waals surface area contributed by atoms with Crippen LogP contribution in [-0.4, -0.2) is 30.1 Å². The van der Waals surface area contributed by atoms with E-state index in [1.54, 1.807) is 6.07 Å². The number of nitrogens with zero attached hydrogens (tertiary/aromatic N) is 1. The Labute approximate surface area is 122 Å². The van der Waals surface area contributed by atoms with E-state index >= 15 is 0 Å². The van der Waals surface area contributed by atoms with Gasteiger partial charge in [-0.3, -0.25) is 4.90 Å². The van der Waals surface area contributed by atoms with Gasteiger partial charge >= 0.3 is 0 Å². The van der Waals surface area contributed by atoms with Gasteiger partial charge in [0.15, 0.2) is 0 Å². The summed E-state index contributed by atoms with van der Waals surface area (Å²) in [6.45, 7) is 4.53. The number of benzene rings is 1. The largest absolute Gasteiger partial charge is 0.306 e. The minimum atomic E-state index is -0.191. The third kappa shape index (κ3) is 3.18. The second-order valence-electron chi connectivity index (χ2n) is 5.77. The zero-order valence-corrected chi connectivity index (χ0v) is 12.8. The Hall–Kier alpha value is -0.450. The summed E-state index contributed by atoms with van der Waals surface area (Å²) >= 11 is 3.45. The van der Waals surface area contributed by atoms with Crippen molar-refractivity contribution in [1.82, 2.24) is 10.2 Å². The second-order valence-corrected chi connectivity index (χ2v) is 6.62. The summed E-state index contributed by atoms with van der Waals surface area (Å²) < 4.78 is 14.0.